The molecule has 0 aromatic heterocycles. The fourth-order valence-corrected chi connectivity index (χ4v) is 3.39. The van der Waals surface area contributed by atoms with E-state index in [9.17, 15) is 16.8 Å². The summed E-state index contributed by atoms with van der Waals surface area (Å²) in [7, 11) is -6.88. The van der Waals surface area contributed by atoms with Gasteiger partial charge in [0.05, 0.1) is 25.2 Å². The van der Waals surface area contributed by atoms with Crippen molar-refractivity contribution < 1.29 is 34.1 Å². The van der Waals surface area contributed by atoms with Gasteiger partial charge in [-0.25, -0.2) is 4.18 Å². The third-order valence-corrected chi connectivity index (χ3v) is 5.30. The van der Waals surface area contributed by atoms with Crippen molar-refractivity contribution in [3.63, 3.8) is 0 Å². The normalized spacial score (nSPS) is 11.9. The number of hydrogen-bond donors (Lipinski definition) is 0. The van der Waals surface area contributed by atoms with E-state index in [0.717, 1.165) is 5.56 Å². The SMILES string of the molecule is COc1ccc(OS(=O)(=O)OCCOS(=O)(=O)c2ccc(C)cc2)cc1. The summed E-state index contributed by atoms with van der Waals surface area (Å²) in [5, 5.41) is 0. The molecule has 0 aliphatic rings. The van der Waals surface area contributed by atoms with E-state index in [-0.39, 0.29) is 10.6 Å². The van der Waals surface area contributed by atoms with Crippen LogP contribution in [-0.2, 0) is 28.9 Å². The van der Waals surface area contributed by atoms with Gasteiger partial charge >= 0.3 is 10.4 Å². The van der Waals surface area contributed by atoms with E-state index in [1.165, 1.54) is 43.5 Å². The summed E-state index contributed by atoms with van der Waals surface area (Å²) in [6.07, 6.45) is 0. The highest BCUT2D eigenvalue weighted by molar-refractivity contribution is 7.86. The third kappa shape index (κ3) is 5.99. The van der Waals surface area contributed by atoms with Gasteiger partial charge in [0.25, 0.3) is 10.1 Å². The van der Waals surface area contributed by atoms with E-state index in [4.69, 9.17) is 13.1 Å². The van der Waals surface area contributed by atoms with Crippen LogP contribution in [0.2, 0.25) is 0 Å². The van der Waals surface area contributed by atoms with Crippen LogP contribution < -0.4 is 8.92 Å². The van der Waals surface area contributed by atoms with Gasteiger partial charge in [0.15, 0.2) is 0 Å². The maximum Gasteiger partial charge on any atom is 0.449 e. The molecule has 0 N–H and O–H groups in total. The first-order valence-electron chi connectivity index (χ1n) is 7.41. The van der Waals surface area contributed by atoms with Gasteiger partial charge in [-0.15, -0.1) is 0 Å². The smallest absolute Gasteiger partial charge is 0.449 e. The fourth-order valence-electron chi connectivity index (χ4n) is 1.83. The minimum atomic E-state index is -4.36. The Kier molecular flexibility index (Phi) is 6.59. The number of rotatable bonds is 9. The fraction of sp³-hybridized carbons (Fsp3) is 0.250. The predicted molar refractivity (Wildman–Crippen MR) is 92.8 cm³/mol. The second-order valence-corrected chi connectivity index (χ2v) is 7.91. The molecule has 2 aromatic rings. The molecule has 0 aliphatic carbocycles. The summed E-state index contributed by atoms with van der Waals surface area (Å²) in [6.45, 7) is 0.809. The molecule has 26 heavy (non-hydrogen) atoms. The van der Waals surface area contributed by atoms with Gasteiger partial charge in [0, 0.05) is 0 Å². The van der Waals surface area contributed by atoms with Crippen molar-refractivity contribution in [3.05, 3.63) is 54.1 Å². The molecule has 10 heteroatoms. The Labute approximate surface area is 152 Å². The number of methoxy groups -OCH3 is 1. The van der Waals surface area contributed by atoms with Crippen molar-refractivity contribution >= 4 is 20.5 Å². The van der Waals surface area contributed by atoms with Crippen LogP contribution in [0.4, 0.5) is 0 Å². The van der Waals surface area contributed by atoms with Crippen molar-refractivity contribution in [1.82, 2.24) is 0 Å². The average molecular weight is 402 g/mol. The zero-order chi connectivity index (χ0) is 19.2. The molecule has 0 spiro atoms. The summed E-state index contributed by atoms with van der Waals surface area (Å²) >= 11 is 0. The Bertz CT molecular complexity index is 917. The molecule has 0 saturated carbocycles. The lowest BCUT2D eigenvalue weighted by atomic mass is 10.2. The topological polar surface area (TPSA) is 105 Å². The maximum atomic E-state index is 11.9. The van der Waals surface area contributed by atoms with Crippen LogP contribution in [0.25, 0.3) is 0 Å². The Morgan fingerprint density at radius 2 is 1.31 bits per heavy atom. The zero-order valence-electron chi connectivity index (χ0n) is 14.1. The van der Waals surface area contributed by atoms with E-state index in [0.29, 0.717) is 5.75 Å². The lowest BCUT2D eigenvalue weighted by molar-refractivity contribution is 0.207. The molecule has 0 amide bonds. The first kappa shape index (κ1) is 20.2. The quantitative estimate of drug-likeness (QED) is 0.464. The standard InChI is InChI=1S/C16H18O8S2/c1-13-3-9-16(10-4-13)25(17,18)22-11-12-23-26(19,20)24-15-7-5-14(21-2)6-8-15/h3-10H,11-12H2,1-2H3. The molecule has 0 saturated heterocycles. The zero-order valence-corrected chi connectivity index (χ0v) is 15.7. The monoisotopic (exact) mass is 402 g/mol. The molecule has 0 atom stereocenters. The summed E-state index contributed by atoms with van der Waals surface area (Å²) in [5.74, 6) is 0.560. The predicted octanol–water partition coefficient (Wildman–Crippen LogP) is 2.05. The molecule has 8 nitrogen and oxygen atoms in total. The number of hydrogen-bond acceptors (Lipinski definition) is 8. The Morgan fingerprint density at radius 1 is 0.769 bits per heavy atom. The molecule has 0 bridgehead atoms. The molecule has 2 rings (SSSR count). The van der Waals surface area contributed by atoms with Crippen molar-refractivity contribution in [1.29, 1.82) is 0 Å². The van der Waals surface area contributed by atoms with Crippen LogP contribution >= 0.6 is 0 Å². The van der Waals surface area contributed by atoms with Crippen LogP contribution in [0.5, 0.6) is 11.5 Å². The van der Waals surface area contributed by atoms with Gasteiger partial charge in [-0.1, -0.05) is 17.7 Å². The van der Waals surface area contributed by atoms with Crippen molar-refractivity contribution in [3.8, 4) is 11.5 Å². The van der Waals surface area contributed by atoms with Gasteiger partial charge in [0.1, 0.15) is 11.5 Å². The highest BCUT2D eigenvalue weighted by atomic mass is 32.3. The molecule has 0 unspecified atom stereocenters. The van der Waals surface area contributed by atoms with E-state index in [1.807, 2.05) is 6.92 Å². The Balaban J connectivity index is 1.84. The molecular formula is C16H18O8S2. The lowest BCUT2D eigenvalue weighted by Gasteiger charge is -2.08. The summed E-state index contributed by atoms with van der Waals surface area (Å²) in [4.78, 5) is -0.0274. The molecule has 0 aliphatic heterocycles. The third-order valence-electron chi connectivity index (χ3n) is 3.12. The van der Waals surface area contributed by atoms with Crippen molar-refractivity contribution in [2.75, 3.05) is 20.3 Å². The van der Waals surface area contributed by atoms with Gasteiger partial charge in [-0.3, -0.25) is 4.18 Å². The number of aryl methyl sites for hydroxylation is 1. The molecule has 2 aromatic carbocycles. The van der Waals surface area contributed by atoms with Crippen LogP contribution in [0.3, 0.4) is 0 Å². The highest BCUT2D eigenvalue weighted by Crippen LogP contribution is 2.19. The van der Waals surface area contributed by atoms with Crippen LogP contribution in [0.1, 0.15) is 5.56 Å². The maximum absolute atomic E-state index is 11.9. The largest absolute Gasteiger partial charge is 0.497 e. The van der Waals surface area contributed by atoms with Gasteiger partial charge in [-0.2, -0.15) is 16.8 Å². The Morgan fingerprint density at radius 3 is 1.88 bits per heavy atom. The lowest BCUT2D eigenvalue weighted by Crippen LogP contribution is -2.18. The minimum absolute atomic E-state index is 0.0268. The summed E-state index contributed by atoms with van der Waals surface area (Å²) < 4.78 is 66.3. The van der Waals surface area contributed by atoms with Crippen LogP contribution in [0, 0.1) is 6.92 Å². The van der Waals surface area contributed by atoms with E-state index >= 15 is 0 Å². The molecule has 0 heterocycles. The molecule has 142 valence electrons. The molecule has 0 radical (unpaired) electrons. The van der Waals surface area contributed by atoms with Gasteiger partial charge in [-0.05, 0) is 43.3 Å². The van der Waals surface area contributed by atoms with Gasteiger partial charge in [0.2, 0.25) is 0 Å². The first-order valence-corrected chi connectivity index (χ1v) is 10.1. The summed E-state index contributed by atoms with van der Waals surface area (Å²) in [6, 6.07) is 11.9. The average Bonchev–Trinajstić information content (AvgIpc) is 2.59. The Hall–Kier alpha value is -2.14. The van der Waals surface area contributed by atoms with Crippen molar-refractivity contribution in [2.24, 2.45) is 0 Å². The van der Waals surface area contributed by atoms with E-state index in [1.54, 1.807) is 12.1 Å². The summed E-state index contributed by atoms with van der Waals surface area (Å²) in [5.41, 5.74) is 0.897. The molecule has 0 fully saturated rings. The minimum Gasteiger partial charge on any atom is -0.497 e. The van der Waals surface area contributed by atoms with E-state index < -0.39 is 33.7 Å². The second-order valence-electron chi connectivity index (χ2n) is 5.08. The number of benzene rings is 2. The van der Waals surface area contributed by atoms with E-state index in [2.05, 4.69) is 4.18 Å². The highest BCUT2D eigenvalue weighted by Gasteiger charge is 2.17. The van der Waals surface area contributed by atoms with Crippen molar-refractivity contribution in [2.45, 2.75) is 11.8 Å². The van der Waals surface area contributed by atoms with Gasteiger partial charge < -0.3 is 8.92 Å². The molecular weight excluding hydrogens is 384 g/mol. The first-order chi connectivity index (χ1) is 12.2. The van der Waals surface area contributed by atoms with Crippen LogP contribution in [-0.4, -0.2) is 37.2 Å². The van der Waals surface area contributed by atoms with Crippen LogP contribution in [0.15, 0.2) is 53.4 Å². The second kappa shape index (κ2) is 8.49. The number of ether oxygens (including phenoxy) is 1.